The quantitative estimate of drug-likeness (QED) is 0.553. The van der Waals surface area contributed by atoms with E-state index in [9.17, 15) is 13.2 Å². The summed E-state index contributed by atoms with van der Waals surface area (Å²) in [5.41, 5.74) is 0. The number of rotatable bonds is 0. The number of nitrogens with one attached hydrogen (secondary N) is 1. The van der Waals surface area contributed by atoms with Crippen LogP contribution in [-0.4, -0.2) is 41.6 Å². The Balaban J connectivity index is 0.000000153. The van der Waals surface area contributed by atoms with Gasteiger partial charge >= 0.3 is 12.1 Å². The Morgan fingerprint density at radius 3 is 2.13 bits per heavy atom. The molecule has 7 heteroatoms. The van der Waals surface area contributed by atoms with Gasteiger partial charge in [-0.25, -0.2) is 4.79 Å². The summed E-state index contributed by atoms with van der Waals surface area (Å²) >= 11 is 0. The first-order valence-corrected chi connectivity index (χ1v) is 4.51. The lowest BCUT2D eigenvalue weighted by Gasteiger charge is -2.35. The first kappa shape index (κ1) is 12.3. The number of carboxylic acid groups (broad SMARTS) is 1. The minimum absolute atomic E-state index is 0.0231. The molecule has 0 radical (unpaired) electrons. The lowest BCUT2D eigenvalue weighted by molar-refractivity contribution is -0.192. The number of hydrogen-bond donors (Lipinski definition) is 3. The molecule has 4 nitrogen and oxygen atoms in total. The highest BCUT2D eigenvalue weighted by molar-refractivity contribution is 5.73. The van der Waals surface area contributed by atoms with E-state index in [-0.39, 0.29) is 6.10 Å². The number of aliphatic hydroxyl groups is 1. The van der Waals surface area contributed by atoms with Gasteiger partial charge in [0.1, 0.15) is 0 Å². The average Bonchev–Trinajstić information content (AvgIpc) is 2.45. The molecule has 15 heavy (non-hydrogen) atoms. The lowest BCUT2D eigenvalue weighted by Crippen LogP contribution is -2.39. The van der Waals surface area contributed by atoms with Gasteiger partial charge in [-0.2, -0.15) is 13.2 Å². The number of fused-ring (bicyclic) bond motifs is 1. The Morgan fingerprint density at radius 2 is 1.87 bits per heavy atom. The molecule has 3 unspecified atom stereocenters. The molecule has 1 saturated carbocycles. The molecule has 0 spiro atoms. The number of carbonyl (C=O) groups is 1. The van der Waals surface area contributed by atoms with E-state index >= 15 is 0 Å². The fraction of sp³-hybridized carbons (Fsp3) is 0.875. The topological polar surface area (TPSA) is 69.6 Å². The SMILES string of the molecule is O=C(O)C(F)(F)F.OC1CC2CNCC12. The Bertz CT molecular complexity index is 244. The molecular formula is C8H12F3NO3. The van der Waals surface area contributed by atoms with Crippen molar-refractivity contribution in [3.05, 3.63) is 0 Å². The van der Waals surface area contributed by atoms with Crippen molar-refractivity contribution in [2.45, 2.75) is 18.7 Å². The van der Waals surface area contributed by atoms with E-state index in [0.29, 0.717) is 5.92 Å². The molecule has 0 aromatic heterocycles. The summed E-state index contributed by atoms with van der Waals surface area (Å²) in [5, 5.41) is 19.5. The molecule has 2 aliphatic rings. The predicted octanol–water partition coefficient (Wildman–Crippen LogP) is 0.220. The van der Waals surface area contributed by atoms with Gasteiger partial charge in [0.05, 0.1) is 6.10 Å². The van der Waals surface area contributed by atoms with Gasteiger partial charge in [0, 0.05) is 12.5 Å². The van der Waals surface area contributed by atoms with Crippen LogP contribution in [0.4, 0.5) is 13.2 Å². The number of aliphatic hydroxyl groups excluding tert-OH is 1. The Hall–Kier alpha value is -0.820. The highest BCUT2D eigenvalue weighted by atomic mass is 19.4. The van der Waals surface area contributed by atoms with Crippen molar-refractivity contribution in [1.82, 2.24) is 5.32 Å². The second-order valence-electron chi connectivity index (χ2n) is 3.69. The summed E-state index contributed by atoms with van der Waals surface area (Å²) in [4.78, 5) is 8.90. The maximum absolute atomic E-state index is 10.6. The standard InChI is InChI=1S/C6H11NO.C2HF3O2/c8-6-1-4-2-7-3-5(4)6;3-2(4,5)1(6)7/h4-8H,1-3H2;(H,6,7). The third kappa shape index (κ3) is 3.07. The van der Waals surface area contributed by atoms with E-state index in [2.05, 4.69) is 5.32 Å². The van der Waals surface area contributed by atoms with Gasteiger partial charge in [0.25, 0.3) is 0 Å². The zero-order valence-electron chi connectivity index (χ0n) is 7.79. The number of aliphatic carboxylic acids is 1. The monoisotopic (exact) mass is 227 g/mol. The van der Waals surface area contributed by atoms with Gasteiger partial charge in [-0.05, 0) is 18.9 Å². The molecule has 0 amide bonds. The first-order chi connectivity index (χ1) is 6.82. The first-order valence-electron chi connectivity index (χ1n) is 4.51. The second-order valence-corrected chi connectivity index (χ2v) is 3.69. The van der Waals surface area contributed by atoms with Crippen LogP contribution in [0.25, 0.3) is 0 Å². The van der Waals surface area contributed by atoms with Crippen LogP contribution in [0.5, 0.6) is 0 Å². The van der Waals surface area contributed by atoms with Crippen LogP contribution in [0, 0.1) is 11.8 Å². The van der Waals surface area contributed by atoms with Crippen LogP contribution < -0.4 is 5.32 Å². The zero-order chi connectivity index (χ0) is 11.6. The predicted molar refractivity (Wildman–Crippen MR) is 44.2 cm³/mol. The summed E-state index contributed by atoms with van der Waals surface area (Å²) in [6.45, 7) is 2.19. The van der Waals surface area contributed by atoms with Crippen LogP contribution in [-0.2, 0) is 4.79 Å². The minimum Gasteiger partial charge on any atom is -0.475 e. The van der Waals surface area contributed by atoms with Gasteiger partial charge in [0.15, 0.2) is 0 Å². The minimum atomic E-state index is -5.08. The van der Waals surface area contributed by atoms with E-state index in [1.807, 2.05) is 0 Å². The van der Waals surface area contributed by atoms with Crippen molar-refractivity contribution in [3.63, 3.8) is 0 Å². The van der Waals surface area contributed by atoms with E-state index in [1.54, 1.807) is 0 Å². The number of carboxylic acids is 1. The fourth-order valence-electron chi connectivity index (χ4n) is 1.75. The summed E-state index contributed by atoms with van der Waals surface area (Å²) in [7, 11) is 0. The van der Waals surface area contributed by atoms with Gasteiger partial charge in [-0.3, -0.25) is 0 Å². The van der Waals surface area contributed by atoms with Crippen molar-refractivity contribution in [2.75, 3.05) is 13.1 Å². The van der Waals surface area contributed by atoms with Crippen molar-refractivity contribution in [3.8, 4) is 0 Å². The average molecular weight is 227 g/mol. The molecule has 1 aliphatic carbocycles. The Kier molecular flexibility index (Phi) is 3.56. The Morgan fingerprint density at radius 1 is 1.33 bits per heavy atom. The maximum atomic E-state index is 10.6. The van der Waals surface area contributed by atoms with Crippen LogP contribution in [0.3, 0.4) is 0 Å². The lowest BCUT2D eigenvalue weighted by atomic mass is 9.74. The molecule has 0 aromatic carbocycles. The third-order valence-corrected chi connectivity index (χ3v) is 2.67. The largest absolute Gasteiger partial charge is 0.490 e. The smallest absolute Gasteiger partial charge is 0.475 e. The van der Waals surface area contributed by atoms with E-state index < -0.39 is 12.1 Å². The molecule has 3 atom stereocenters. The van der Waals surface area contributed by atoms with E-state index in [0.717, 1.165) is 25.4 Å². The summed E-state index contributed by atoms with van der Waals surface area (Å²) in [6.07, 6.45) is -4.02. The molecular weight excluding hydrogens is 215 g/mol. The highest BCUT2D eigenvalue weighted by Gasteiger charge is 2.42. The Labute approximate surface area is 84.1 Å². The van der Waals surface area contributed by atoms with E-state index in [1.165, 1.54) is 0 Å². The van der Waals surface area contributed by atoms with Crippen molar-refractivity contribution < 1.29 is 28.2 Å². The second kappa shape index (κ2) is 4.36. The van der Waals surface area contributed by atoms with Crippen LogP contribution >= 0.6 is 0 Å². The summed E-state index contributed by atoms with van der Waals surface area (Å²) in [6, 6.07) is 0. The zero-order valence-corrected chi connectivity index (χ0v) is 7.79. The molecule has 1 heterocycles. The third-order valence-electron chi connectivity index (χ3n) is 2.67. The van der Waals surface area contributed by atoms with Crippen molar-refractivity contribution in [1.29, 1.82) is 0 Å². The van der Waals surface area contributed by atoms with Gasteiger partial charge in [-0.1, -0.05) is 0 Å². The molecule has 88 valence electrons. The summed E-state index contributed by atoms with van der Waals surface area (Å²) < 4.78 is 31.7. The highest BCUT2D eigenvalue weighted by Crippen LogP contribution is 2.36. The van der Waals surface area contributed by atoms with Crippen LogP contribution in [0.2, 0.25) is 0 Å². The van der Waals surface area contributed by atoms with Crippen molar-refractivity contribution >= 4 is 5.97 Å². The van der Waals surface area contributed by atoms with Gasteiger partial charge < -0.3 is 15.5 Å². The van der Waals surface area contributed by atoms with Crippen LogP contribution in [0.15, 0.2) is 0 Å². The molecule has 1 aliphatic heterocycles. The molecule has 0 aromatic rings. The molecule has 2 fully saturated rings. The molecule has 3 N–H and O–H groups in total. The van der Waals surface area contributed by atoms with Crippen molar-refractivity contribution in [2.24, 2.45) is 11.8 Å². The number of hydrogen-bond acceptors (Lipinski definition) is 3. The summed E-state index contributed by atoms with van der Waals surface area (Å²) in [5.74, 6) is -1.34. The number of halogens is 3. The number of alkyl halides is 3. The normalized spacial score (nSPS) is 33.5. The molecule has 1 saturated heterocycles. The molecule has 0 bridgehead atoms. The van der Waals surface area contributed by atoms with E-state index in [4.69, 9.17) is 15.0 Å². The molecule has 2 rings (SSSR count). The maximum Gasteiger partial charge on any atom is 0.490 e. The van der Waals surface area contributed by atoms with Crippen LogP contribution in [0.1, 0.15) is 6.42 Å². The van der Waals surface area contributed by atoms with Gasteiger partial charge in [-0.15, -0.1) is 0 Å². The fourth-order valence-corrected chi connectivity index (χ4v) is 1.75. The van der Waals surface area contributed by atoms with Gasteiger partial charge in [0.2, 0.25) is 0 Å².